The van der Waals surface area contributed by atoms with Gasteiger partial charge >= 0.3 is 0 Å². The number of nitrogens with zero attached hydrogens (tertiary/aromatic N) is 1. The molecule has 0 saturated heterocycles. The zero-order chi connectivity index (χ0) is 9.68. The molecule has 1 aromatic carbocycles. The summed E-state index contributed by atoms with van der Waals surface area (Å²) in [6.45, 7) is 0.586. The van der Waals surface area contributed by atoms with E-state index in [0.29, 0.717) is 22.9 Å². The van der Waals surface area contributed by atoms with Crippen LogP contribution in [0, 0.1) is 11.3 Å². The quantitative estimate of drug-likeness (QED) is 0.783. The van der Waals surface area contributed by atoms with Crippen LogP contribution in [-0.4, -0.2) is 11.9 Å². The monoisotopic (exact) mass is 259 g/mol. The Morgan fingerprint density at radius 2 is 2.31 bits per heavy atom. The van der Waals surface area contributed by atoms with Crippen molar-refractivity contribution in [2.24, 2.45) is 0 Å². The molecule has 0 bridgehead atoms. The fraction of sp³-hybridized carbons (Fsp3) is 0.222. The van der Waals surface area contributed by atoms with E-state index in [4.69, 9.17) is 21.6 Å². The van der Waals surface area contributed by atoms with Crippen molar-refractivity contribution in [3.05, 3.63) is 28.8 Å². The minimum Gasteiger partial charge on any atom is -0.493 e. The van der Waals surface area contributed by atoms with E-state index in [9.17, 15) is 0 Å². The van der Waals surface area contributed by atoms with Gasteiger partial charge in [0, 0.05) is 11.4 Å². The Bertz CT molecular complexity index is 335. The van der Waals surface area contributed by atoms with E-state index in [1.807, 2.05) is 6.07 Å². The van der Waals surface area contributed by atoms with Gasteiger partial charge in [0.1, 0.15) is 11.8 Å². The molecule has 0 aliphatic rings. The molecule has 0 fully saturated rings. The Kier molecular flexibility index (Phi) is 4.07. The van der Waals surface area contributed by atoms with Crippen molar-refractivity contribution in [1.82, 2.24) is 0 Å². The maximum absolute atomic E-state index is 8.60. The molecule has 0 atom stereocenters. The molecule has 1 aromatic rings. The topological polar surface area (TPSA) is 33.0 Å². The summed E-state index contributed by atoms with van der Waals surface area (Å²) in [6, 6.07) is 7.00. The van der Waals surface area contributed by atoms with Crippen LogP contribution in [0.2, 0.25) is 5.02 Å². The fourth-order valence-electron chi connectivity index (χ4n) is 0.833. The number of benzene rings is 1. The lowest BCUT2D eigenvalue weighted by Gasteiger charge is -2.04. The van der Waals surface area contributed by atoms with Crippen LogP contribution < -0.4 is 4.74 Å². The average molecular weight is 261 g/mol. The van der Waals surface area contributed by atoms with Gasteiger partial charge in [0.2, 0.25) is 0 Å². The van der Waals surface area contributed by atoms with Gasteiger partial charge in [-0.15, -0.1) is 0 Å². The molecule has 0 unspecified atom stereocenters. The third-order valence-electron chi connectivity index (χ3n) is 1.41. The summed E-state index contributed by atoms with van der Waals surface area (Å²) in [5.74, 6) is 0.684. The second-order valence-electron chi connectivity index (χ2n) is 2.29. The lowest BCUT2D eigenvalue weighted by atomic mass is 10.2. The summed E-state index contributed by atoms with van der Waals surface area (Å²) >= 11 is 9.04. The van der Waals surface area contributed by atoms with Gasteiger partial charge < -0.3 is 4.74 Å². The Morgan fingerprint density at radius 3 is 2.85 bits per heavy atom. The first-order valence-corrected chi connectivity index (χ1v) is 5.16. The van der Waals surface area contributed by atoms with Crippen molar-refractivity contribution in [3.8, 4) is 11.8 Å². The predicted octanol–water partition coefficient (Wildman–Crippen LogP) is 2.99. The zero-order valence-corrected chi connectivity index (χ0v) is 9.10. The van der Waals surface area contributed by atoms with Crippen LogP contribution in [0.4, 0.5) is 0 Å². The summed E-state index contributed by atoms with van der Waals surface area (Å²) < 4.78 is 5.29. The first kappa shape index (κ1) is 10.4. The van der Waals surface area contributed by atoms with Gasteiger partial charge in [-0.05, 0) is 12.1 Å². The Hall–Kier alpha value is -0.720. The summed E-state index contributed by atoms with van der Waals surface area (Å²) in [4.78, 5) is 0. The number of ether oxygens (including phenoxy) is 1. The van der Waals surface area contributed by atoms with E-state index >= 15 is 0 Å². The minimum absolute atomic E-state index is 0.426. The van der Waals surface area contributed by atoms with Gasteiger partial charge in [-0.2, -0.15) is 5.26 Å². The van der Waals surface area contributed by atoms with E-state index in [1.54, 1.807) is 18.2 Å². The molecule has 0 amide bonds. The van der Waals surface area contributed by atoms with Crippen molar-refractivity contribution in [1.29, 1.82) is 5.26 Å². The molecule has 0 spiro atoms. The standard InChI is InChI=1S/C9H7BrClNO/c10-3-4-13-8-2-1-7(6-12)9(11)5-8/h1-2,5H,3-4H2. The summed E-state index contributed by atoms with van der Waals surface area (Å²) in [7, 11) is 0. The van der Waals surface area contributed by atoms with Crippen LogP contribution in [0.15, 0.2) is 18.2 Å². The van der Waals surface area contributed by atoms with E-state index < -0.39 is 0 Å². The van der Waals surface area contributed by atoms with Crippen LogP contribution >= 0.6 is 27.5 Å². The van der Waals surface area contributed by atoms with Gasteiger partial charge in [-0.25, -0.2) is 0 Å². The summed E-state index contributed by atoms with van der Waals surface area (Å²) in [6.07, 6.45) is 0. The van der Waals surface area contributed by atoms with Crippen LogP contribution in [0.1, 0.15) is 5.56 Å². The molecule has 1 rings (SSSR count). The molecule has 68 valence electrons. The predicted molar refractivity (Wildman–Crippen MR) is 55.5 cm³/mol. The number of alkyl halides is 1. The molecule has 0 N–H and O–H groups in total. The molecule has 0 aromatic heterocycles. The first-order chi connectivity index (χ1) is 6.27. The van der Waals surface area contributed by atoms with Crippen LogP contribution in [-0.2, 0) is 0 Å². The molecule has 0 saturated carbocycles. The van der Waals surface area contributed by atoms with Gasteiger partial charge in [0.25, 0.3) is 0 Å². The fourth-order valence-corrected chi connectivity index (χ4v) is 1.21. The molecule has 4 heteroatoms. The highest BCUT2D eigenvalue weighted by Gasteiger charge is 2.00. The lowest BCUT2D eigenvalue weighted by molar-refractivity contribution is 0.345. The van der Waals surface area contributed by atoms with Crippen molar-refractivity contribution in [2.75, 3.05) is 11.9 Å². The number of nitriles is 1. The maximum Gasteiger partial charge on any atom is 0.120 e. The largest absolute Gasteiger partial charge is 0.493 e. The molecular weight excluding hydrogens is 253 g/mol. The van der Waals surface area contributed by atoms with E-state index in [-0.39, 0.29) is 0 Å². The zero-order valence-electron chi connectivity index (χ0n) is 6.76. The summed E-state index contributed by atoms with van der Waals surface area (Å²) in [5.41, 5.74) is 0.466. The highest BCUT2D eigenvalue weighted by atomic mass is 79.9. The molecule has 0 radical (unpaired) electrons. The molecule has 0 heterocycles. The van der Waals surface area contributed by atoms with Gasteiger partial charge in [-0.3, -0.25) is 0 Å². The van der Waals surface area contributed by atoms with Crippen molar-refractivity contribution in [3.63, 3.8) is 0 Å². The van der Waals surface area contributed by atoms with Crippen LogP contribution in [0.5, 0.6) is 5.75 Å². The molecule has 0 aliphatic heterocycles. The second kappa shape index (κ2) is 5.11. The highest BCUT2D eigenvalue weighted by molar-refractivity contribution is 9.09. The normalized spacial score (nSPS) is 9.31. The smallest absolute Gasteiger partial charge is 0.120 e. The van der Waals surface area contributed by atoms with Gasteiger partial charge in [-0.1, -0.05) is 27.5 Å². The van der Waals surface area contributed by atoms with Crippen molar-refractivity contribution in [2.45, 2.75) is 0 Å². The maximum atomic E-state index is 8.60. The third kappa shape index (κ3) is 2.91. The van der Waals surface area contributed by atoms with Crippen molar-refractivity contribution >= 4 is 27.5 Å². The van der Waals surface area contributed by atoms with Crippen LogP contribution in [0.3, 0.4) is 0 Å². The Morgan fingerprint density at radius 1 is 1.54 bits per heavy atom. The Labute approximate surface area is 90.2 Å². The minimum atomic E-state index is 0.426. The number of hydrogen-bond donors (Lipinski definition) is 0. The number of hydrogen-bond acceptors (Lipinski definition) is 2. The molecule has 13 heavy (non-hydrogen) atoms. The van der Waals surface area contributed by atoms with Gasteiger partial charge in [0.05, 0.1) is 17.2 Å². The number of rotatable bonds is 3. The van der Waals surface area contributed by atoms with Crippen molar-refractivity contribution < 1.29 is 4.74 Å². The third-order valence-corrected chi connectivity index (χ3v) is 2.04. The lowest BCUT2D eigenvalue weighted by Crippen LogP contribution is -1.97. The van der Waals surface area contributed by atoms with E-state index in [0.717, 1.165) is 5.33 Å². The SMILES string of the molecule is N#Cc1ccc(OCCBr)cc1Cl. The molecule has 0 aliphatic carbocycles. The van der Waals surface area contributed by atoms with E-state index in [2.05, 4.69) is 15.9 Å². The first-order valence-electron chi connectivity index (χ1n) is 3.66. The second-order valence-corrected chi connectivity index (χ2v) is 3.49. The Balaban J connectivity index is 2.79. The average Bonchev–Trinajstić information content (AvgIpc) is 2.15. The highest BCUT2D eigenvalue weighted by Crippen LogP contribution is 2.21. The number of halogens is 2. The van der Waals surface area contributed by atoms with Crippen LogP contribution in [0.25, 0.3) is 0 Å². The summed E-state index contributed by atoms with van der Waals surface area (Å²) in [5, 5.41) is 9.80. The van der Waals surface area contributed by atoms with Gasteiger partial charge in [0.15, 0.2) is 0 Å². The molecular formula is C9H7BrClNO. The molecule has 2 nitrogen and oxygen atoms in total. The van der Waals surface area contributed by atoms with E-state index in [1.165, 1.54) is 0 Å².